The molecule has 2 aliphatic heterocycles. The van der Waals surface area contributed by atoms with Gasteiger partial charge in [-0.2, -0.15) is 0 Å². The summed E-state index contributed by atoms with van der Waals surface area (Å²) in [4.78, 5) is 13.5. The molecule has 0 saturated carbocycles. The summed E-state index contributed by atoms with van der Waals surface area (Å²) in [6.45, 7) is 10.0. The van der Waals surface area contributed by atoms with E-state index in [1.807, 2.05) is 20.8 Å². The highest BCUT2D eigenvalue weighted by Crippen LogP contribution is 2.20. The van der Waals surface area contributed by atoms with E-state index < -0.39 is 5.60 Å². The number of hydrogen-bond donors (Lipinski definition) is 1. The standard InChI is InChI=1S/C14H26N2O3/c1-14(2,3)19-13(17)16-8-11(9-16)10-18-12-5-4-6-15-7-12/h11-12,15H,4-10H2,1-3H3. The van der Waals surface area contributed by atoms with Gasteiger partial charge in [-0.25, -0.2) is 4.79 Å². The van der Waals surface area contributed by atoms with Gasteiger partial charge in [0, 0.05) is 25.6 Å². The van der Waals surface area contributed by atoms with E-state index in [4.69, 9.17) is 9.47 Å². The largest absolute Gasteiger partial charge is 0.444 e. The Balaban J connectivity index is 1.59. The highest BCUT2D eigenvalue weighted by Gasteiger charge is 2.34. The molecule has 5 heteroatoms. The molecule has 0 aromatic carbocycles. The van der Waals surface area contributed by atoms with Crippen molar-refractivity contribution in [2.24, 2.45) is 5.92 Å². The second-order valence-electron chi connectivity index (χ2n) is 6.55. The zero-order valence-electron chi connectivity index (χ0n) is 12.3. The van der Waals surface area contributed by atoms with Gasteiger partial charge in [-0.15, -0.1) is 0 Å². The predicted octanol–water partition coefficient (Wildman–Crippen LogP) is 1.62. The number of carbonyl (C=O) groups is 1. The summed E-state index contributed by atoms with van der Waals surface area (Å²) >= 11 is 0. The van der Waals surface area contributed by atoms with Gasteiger partial charge in [0.15, 0.2) is 0 Å². The Morgan fingerprint density at radius 1 is 1.37 bits per heavy atom. The van der Waals surface area contributed by atoms with E-state index in [1.165, 1.54) is 6.42 Å². The van der Waals surface area contributed by atoms with Crippen LogP contribution in [0.2, 0.25) is 0 Å². The molecule has 2 fully saturated rings. The van der Waals surface area contributed by atoms with Gasteiger partial charge in [0.05, 0.1) is 12.7 Å². The molecule has 2 heterocycles. The van der Waals surface area contributed by atoms with Crippen LogP contribution in [0.4, 0.5) is 4.79 Å². The third-order valence-electron chi connectivity index (χ3n) is 3.43. The molecule has 2 saturated heterocycles. The molecule has 0 spiro atoms. The van der Waals surface area contributed by atoms with Crippen molar-refractivity contribution in [1.82, 2.24) is 10.2 Å². The van der Waals surface area contributed by atoms with Gasteiger partial charge in [-0.05, 0) is 40.2 Å². The Hall–Kier alpha value is -0.810. The molecule has 1 N–H and O–H groups in total. The van der Waals surface area contributed by atoms with Crippen LogP contribution in [0.25, 0.3) is 0 Å². The molecule has 0 aliphatic carbocycles. The van der Waals surface area contributed by atoms with Crippen LogP contribution in [0.3, 0.4) is 0 Å². The van der Waals surface area contributed by atoms with Crippen molar-refractivity contribution < 1.29 is 14.3 Å². The highest BCUT2D eigenvalue weighted by molar-refractivity contribution is 5.69. The first kappa shape index (κ1) is 14.6. The molecule has 1 unspecified atom stereocenters. The van der Waals surface area contributed by atoms with Crippen LogP contribution in [0.1, 0.15) is 33.6 Å². The first-order valence-electron chi connectivity index (χ1n) is 7.24. The monoisotopic (exact) mass is 270 g/mol. The van der Waals surface area contributed by atoms with Crippen molar-refractivity contribution in [3.05, 3.63) is 0 Å². The maximum atomic E-state index is 11.7. The number of rotatable bonds is 3. The molecule has 2 aliphatic rings. The van der Waals surface area contributed by atoms with Crippen molar-refractivity contribution >= 4 is 6.09 Å². The van der Waals surface area contributed by atoms with Crippen LogP contribution in [0.5, 0.6) is 0 Å². The lowest BCUT2D eigenvalue weighted by molar-refractivity contribution is -0.0405. The Kier molecular flexibility index (Phi) is 4.68. The van der Waals surface area contributed by atoms with E-state index in [-0.39, 0.29) is 6.09 Å². The van der Waals surface area contributed by atoms with Gasteiger partial charge in [0.25, 0.3) is 0 Å². The van der Waals surface area contributed by atoms with Gasteiger partial charge in [0.1, 0.15) is 5.60 Å². The average Bonchev–Trinajstić information content (AvgIpc) is 2.25. The fourth-order valence-electron chi connectivity index (χ4n) is 2.39. The molecule has 1 amide bonds. The van der Waals surface area contributed by atoms with E-state index in [0.29, 0.717) is 12.0 Å². The molecule has 0 aromatic heterocycles. The number of piperidine rings is 1. The molecular weight excluding hydrogens is 244 g/mol. The fourth-order valence-corrected chi connectivity index (χ4v) is 2.39. The first-order valence-corrected chi connectivity index (χ1v) is 7.24. The number of carbonyl (C=O) groups excluding carboxylic acids is 1. The third-order valence-corrected chi connectivity index (χ3v) is 3.43. The van der Waals surface area contributed by atoms with E-state index in [9.17, 15) is 4.79 Å². The van der Waals surface area contributed by atoms with Crippen LogP contribution in [0.15, 0.2) is 0 Å². The van der Waals surface area contributed by atoms with Crippen molar-refractivity contribution in [3.8, 4) is 0 Å². The summed E-state index contributed by atoms with van der Waals surface area (Å²) in [7, 11) is 0. The van der Waals surface area contributed by atoms with Crippen molar-refractivity contribution in [2.75, 3.05) is 32.8 Å². The minimum absolute atomic E-state index is 0.205. The summed E-state index contributed by atoms with van der Waals surface area (Å²) in [5.41, 5.74) is -0.410. The minimum Gasteiger partial charge on any atom is -0.444 e. The smallest absolute Gasteiger partial charge is 0.410 e. The molecule has 1 atom stereocenters. The lowest BCUT2D eigenvalue weighted by atomic mass is 10.0. The van der Waals surface area contributed by atoms with Crippen LogP contribution in [0, 0.1) is 5.92 Å². The summed E-state index contributed by atoms with van der Waals surface area (Å²) < 4.78 is 11.2. The molecule has 0 bridgehead atoms. The Labute approximate surface area is 115 Å². The second-order valence-corrected chi connectivity index (χ2v) is 6.55. The molecular formula is C14H26N2O3. The second kappa shape index (κ2) is 6.09. The van der Waals surface area contributed by atoms with E-state index in [1.54, 1.807) is 4.90 Å². The molecule has 2 rings (SSSR count). The normalized spacial score (nSPS) is 25.0. The molecule has 5 nitrogen and oxygen atoms in total. The van der Waals surface area contributed by atoms with Gasteiger partial charge in [-0.3, -0.25) is 0 Å². The lowest BCUT2D eigenvalue weighted by Crippen LogP contribution is -2.53. The Morgan fingerprint density at radius 2 is 2.11 bits per heavy atom. The molecule has 19 heavy (non-hydrogen) atoms. The summed E-state index contributed by atoms with van der Waals surface area (Å²) in [6.07, 6.45) is 2.49. The molecule has 0 aromatic rings. The number of ether oxygens (including phenoxy) is 2. The maximum absolute atomic E-state index is 11.7. The van der Waals surface area contributed by atoms with Crippen molar-refractivity contribution in [3.63, 3.8) is 0 Å². The summed E-state index contributed by atoms with van der Waals surface area (Å²) in [5.74, 6) is 0.467. The number of likely N-dealkylation sites (tertiary alicyclic amines) is 1. The first-order chi connectivity index (χ1) is 8.94. The number of nitrogens with one attached hydrogen (secondary N) is 1. The third kappa shape index (κ3) is 4.66. The van der Waals surface area contributed by atoms with Crippen LogP contribution < -0.4 is 5.32 Å². The van der Waals surface area contributed by atoms with Crippen molar-refractivity contribution in [2.45, 2.75) is 45.3 Å². The molecule has 0 radical (unpaired) electrons. The quantitative estimate of drug-likeness (QED) is 0.846. The van der Waals surface area contributed by atoms with Gasteiger partial charge in [-0.1, -0.05) is 0 Å². The van der Waals surface area contributed by atoms with E-state index >= 15 is 0 Å². The number of nitrogens with zero attached hydrogens (tertiary/aromatic N) is 1. The van der Waals surface area contributed by atoms with Crippen LogP contribution >= 0.6 is 0 Å². The zero-order chi connectivity index (χ0) is 13.9. The Bertz CT molecular complexity index is 302. The highest BCUT2D eigenvalue weighted by atomic mass is 16.6. The fraction of sp³-hybridized carbons (Fsp3) is 0.929. The van der Waals surface area contributed by atoms with Gasteiger partial charge >= 0.3 is 6.09 Å². The van der Waals surface area contributed by atoms with Crippen LogP contribution in [-0.2, 0) is 9.47 Å². The average molecular weight is 270 g/mol. The number of amides is 1. The van der Waals surface area contributed by atoms with E-state index in [0.717, 1.165) is 39.2 Å². The minimum atomic E-state index is -0.410. The topological polar surface area (TPSA) is 50.8 Å². The zero-order valence-corrected chi connectivity index (χ0v) is 12.3. The summed E-state index contributed by atoms with van der Waals surface area (Å²) in [5, 5.41) is 3.34. The Morgan fingerprint density at radius 3 is 2.68 bits per heavy atom. The van der Waals surface area contributed by atoms with Crippen molar-refractivity contribution in [1.29, 1.82) is 0 Å². The number of hydrogen-bond acceptors (Lipinski definition) is 4. The van der Waals surface area contributed by atoms with Gasteiger partial charge < -0.3 is 19.7 Å². The lowest BCUT2D eigenvalue weighted by Gasteiger charge is -2.40. The van der Waals surface area contributed by atoms with E-state index in [2.05, 4.69) is 5.32 Å². The maximum Gasteiger partial charge on any atom is 0.410 e. The predicted molar refractivity (Wildman–Crippen MR) is 73.1 cm³/mol. The van der Waals surface area contributed by atoms with Gasteiger partial charge in [0.2, 0.25) is 0 Å². The summed E-state index contributed by atoms with van der Waals surface area (Å²) in [6, 6.07) is 0. The molecule has 110 valence electrons. The van der Waals surface area contributed by atoms with Crippen LogP contribution in [-0.4, -0.2) is 55.5 Å². The SMILES string of the molecule is CC(C)(C)OC(=O)N1CC(COC2CCCNC2)C1.